The van der Waals surface area contributed by atoms with Crippen LogP contribution in [0.15, 0.2) is 48.5 Å². The number of fused-ring (bicyclic) bond motifs is 3. The summed E-state index contributed by atoms with van der Waals surface area (Å²) in [6.45, 7) is -1.00. The highest BCUT2D eigenvalue weighted by Gasteiger charge is 2.84. The second-order valence-corrected chi connectivity index (χ2v) is 8.04. The maximum atomic E-state index is 13.2. The van der Waals surface area contributed by atoms with Gasteiger partial charge >= 0.3 is 33.2 Å². The Morgan fingerprint density at radius 3 is 1.63 bits per heavy atom. The van der Waals surface area contributed by atoms with Crippen molar-refractivity contribution in [1.29, 1.82) is 0 Å². The number of hydrogen-bond donors (Lipinski definition) is 1. The number of benzene rings is 2. The highest BCUT2D eigenvalue weighted by atomic mass is 32.2. The fourth-order valence-corrected chi connectivity index (χ4v) is 4.34. The molecule has 0 unspecified atom stereocenters. The van der Waals surface area contributed by atoms with E-state index in [1.165, 1.54) is 0 Å². The number of hydrogen-bond acceptors (Lipinski definition) is 4. The monoisotopic (exact) mass is 454 g/mol. The fraction of sp³-hybridized carbons (Fsp3) is 0.278. The lowest BCUT2D eigenvalue weighted by molar-refractivity contribution is -0.268. The third-order valence-corrected chi connectivity index (χ3v) is 6.22. The van der Waals surface area contributed by atoms with Crippen LogP contribution in [0.1, 0.15) is 17.0 Å². The maximum Gasteiger partial charge on any atom is 0.430 e. The van der Waals surface area contributed by atoms with Crippen molar-refractivity contribution in [2.75, 3.05) is 6.61 Å². The Balaban J connectivity index is 2.02. The molecule has 2 aromatic carbocycles. The first-order valence-electron chi connectivity index (χ1n) is 8.19. The average Bonchev–Trinajstić information content (AvgIpc) is 2.90. The number of halogens is 6. The van der Waals surface area contributed by atoms with E-state index in [0.29, 0.717) is 22.3 Å². The molecule has 0 saturated carbocycles. The summed E-state index contributed by atoms with van der Waals surface area (Å²) in [5, 5.41) is 0. The second-order valence-electron chi connectivity index (χ2n) is 6.48. The van der Waals surface area contributed by atoms with Gasteiger partial charge in [0.25, 0.3) is 0 Å². The Hall–Kier alpha value is -2.60. The third-order valence-electron chi connectivity index (χ3n) is 4.82. The van der Waals surface area contributed by atoms with E-state index in [4.69, 9.17) is 4.55 Å². The molecule has 2 aromatic rings. The summed E-state index contributed by atoms with van der Waals surface area (Å²) in [5.74, 6) is -4.10. The summed E-state index contributed by atoms with van der Waals surface area (Å²) in [7, 11) is -7.03. The van der Waals surface area contributed by atoms with Crippen LogP contribution < -0.4 is 0 Å². The predicted octanol–water partition coefficient (Wildman–Crippen LogP) is 4.09. The van der Waals surface area contributed by atoms with Gasteiger partial charge in [-0.15, -0.1) is 0 Å². The van der Waals surface area contributed by atoms with Gasteiger partial charge in [-0.2, -0.15) is 34.8 Å². The van der Waals surface area contributed by atoms with Gasteiger partial charge in [-0.05, 0) is 22.3 Å². The van der Waals surface area contributed by atoms with Gasteiger partial charge in [0.1, 0.15) is 6.61 Å². The molecule has 0 fully saturated rings. The lowest BCUT2D eigenvalue weighted by Crippen LogP contribution is -2.67. The van der Waals surface area contributed by atoms with Gasteiger partial charge in [0.15, 0.2) is 0 Å². The van der Waals surface area contributed by atoms with Crippen LogP contribution >= 0.6 is 0 Å². The summed E-state index contributed by atoms with van der Waals surface area (Å²) in [6, 6.07) is 12.9. The molecule has 0 heterocycles. The SMILES string of the molecule is O=C(OCC1c2ccccc2-c2ccccc21)C(C(F)(F)F)(C(F)(F)F)S(=O)(=O)O. The van der Waals surface area contributed by atoms with Gasteiger partial charge in [-0.25, -0.2) is 4.79 Å². The summed E-state index contributed by atoms with van der Waals surface area (Å²) >= 11 is 0. The van der Waals surface area contributed by atoms with E-state index in [1.54, 1.807) is 48.5 Å². The fourth-order valence-electron chi connectivity index (χ4n) is 3.49. The van der Waals surface area contributed by atoms with E-state index in [2.05, 4.69) is 4.74 Å². The van der Waals surface area contributed by atoms with Gasteiger partial charge in [-0.3, -0.25) is 4.55 Å². The first-order valence-corrected chi connectivity index (χ1v) is 9.63. The molecule has 1 N–H and O–H groups in total. The van der Waals surface area contributed by atoms with Gasteiger partial charge < -0.3 is 4.74 Å². The van der Waals surface area contributed by atoms with Crippen LogP contribution in [0.25, 0.3) is 11.1 Å². The Bertz CT molecular complexity index is 1030. The smallest absolute Gasteiger partial charge is 0.430 e. The molecular weight excluding hydrogens is 442 g/mol. The van der Waals surface area contributed by atoms with Gasteiger partial charge in [-0.1, -0.05) is 48.5 Å². The minimum absolute atomic E-state index is 0.475. The average molecular weight is 454 g/mol. The molecule has 0 aliphatic heterocycles. The van der Waals surface area contributed by atoms with Crippen molar-refractivity contribution < 1.29 is 48.8 Å². The quantitative estimate of drug-likeness (QED) is 0.428. The van der Waals surface area contributed by atoms with Crippen molar-refractivity contribution in [3.8, 4) is 11.1 Å². The van der Waals surface area contributed by atoms with Crippen LogP contribution in [0, 0.1) is 0 Å². The molecule has 3 rings (SSSR count). The number of esters is 1. The molecule has 0 aromatic heterocycles. The Kier molecular flexibility index (Phi) is 5.14. The minimum atomic E-state index is -7.03. The van der Waals surface area contributed by atoms with Gasteiger partial charge in [0, 0.05) is 5.92 Å². The highest BCUT2D eigenvalue weighted by molar-refractivity contribution is 7.88. The van der Waals surface area contributed by atoms with E-state index in [0.717, 1.165) is 0 Å². The molecule has 0 bridgehead atoms. The van der Waals surface area contributed by atoms with Crippen LogP contribution in [0.5, 0.6) is 0 Å². The van der Waals surface area contributed by atoms with Crippen LogP contribution in [0.2, 0.25) is 0 Å². The highest BCUT2D eigenvalue weighted by Crippen LogP contribution is 2.50. The van der Waals surface area contributed by atoms with Crippen molar-refractivity contribution in [3.05, 3.63) is 59.7 Å². The molecule has 0 amide bonds. The number of alkyl halides is 6. The molecule has 5 nitrogen and oxygen atoms in total. The Labute approximate surface area is 166 Å². The molecule has 30 heavy (non-hydrogen) atoms. The van der Waals surface area contributed by atoms with Gasteiger partial charge in [0.05, 0.1) is 0 Å². The zero-order valence-corrected chi connectivity index (χ0v) is 15.5. The van der Waals surface area contributed by atoms with Crippen molar-refractivity contribution in [3.63, 3.8) is 0 Å². The normalized spacial score (nSPS) is 14.9. The molecule has 1 aliphatic carbocycles. The standard InChI is InChI=1S/C18H12F6O5S/c19-17(20,21)16(18(22,23)24,30(26,27)28)15(25)29-9-14-12-7-3-1-5-10(12)11-6-2-4-8-13(11)14/h1-8,14H,9H2,(H,26,27,28). The maximum absolute atomic E-state index is 13.2. The van der Waals surface area contributed by atoms with Crippen molar-refractivity contribution in [2.45, 2.75) is 23.0 Å². The zero-order valence-electron chi connectivity index (χ0n) is 14.7. The van der Waals surface area contributed by atoms with Crippen molar-refractivity contribution >= 4 is 16.1 Å². The molecular formula is C18H12F6O5S. The summed E-state index contributed by atoms with van der Waals surface area (Å²) in [4.78, 5) is 12.0. The van der Waals surface area contributed by atoms with E-state index in [9.17, 15) is 39.6 Å². The Morgan fingerprint density at radius 1 is 0.867 bits per heavy atom. The lowest BCUT2D eigenvalue weighted by atomic mass is 9.98. The van der Waals surface area contributed by atoms with Crippen LogP contribution in [0.4, 0.5) is 26.3 Å². The summed E-state index contributed by atoms with van der Waals surface area (Å²) in [5.41, 5.74) is 2.23. The molecule has 162 valence electrons. The van der Waals surface area contributed by atoms with E-state index < -0.39 is 45.7 Å². The Morgan fingerprint density at radius 2 is 1.27 bits per heavy atom. The van der Waals surface area contributed by atoms with E-state index in [1.807, 2.05) is 0 Å². The first kappa shape index (κ1) is 22.1. The number of rotatable bonds is 4. The number of carbonyl (C=O) groups is 1. The zero-order chi connectivity index (χ0) is 22.5. The molecule has 12 heteroatoms. The minimum Gasteiger partial charge on any atom is -0.463 e. The summed E-state index contributed by atoms with van der Waals surface area (Å²) < 4.78 is 109. The molecule has 0 radical (unpaired) electrons. The van der Waals surface area contributed by atoms with Gasteiger partial charge in [0.2, 0.25) is 0 Å². The number of carbonyl (C=O) groups excluding carboxylic acids is 1. The molecule has 1 aliphatic rings. The topological polar surface area (TPSA) is 80.7 Å². The second kappa shape index (κ2) is 6.98. The first-order chi connectivity index (χ1) is 13.7. The largest absolute Gasteiger partial charge is 0.463 e. The van der Waals surface area contributed by atoms with Crippen molar-refractivity contribution in [1.82, 2.24) is 0 Å². The van der Waals surface area contributed by atoms with Crippen LogP contribution in [0.3, 0.4) is 0 Å². The number of ether oxygens (including phenoxy) is 1. The lowest BCUT2D eigenvalue weighted by Gasteiger charge is -2.32. The molecule has 0 atom stereocenters. The summed E-state index contributed by atoms with van der Waals surface area (Å²) in [6.07, 6.45) is -13.4. The van der Waals surface area contributed by atoms with E-state index >= 15 is 0 Å². The van der Waals surface area contributed by atoms with Crippen LogP contribution in [-0.4, -0.2) is 42.6 Å². The van der Waals surface area contributed by atoms with Crippen LogP contribution in [-0.2, 0) is 19.6 Å². The van der Waals surface area contributed by atoms with E-state index in [-0.39, 0.29) is 0 Å². The molecule has 0 spiro atoms. The predicted molar refractivity (Wildman–Crippen MR) is 91.1 cm³/mol. The van der Waals surface area contributed by atoms with Crippen molar-refractivity contribution in [2.24, 2.45) is 0 Å². The molecule has 0 saturated heterocycles. The third kappa shape index (κ3) is 3.14.